The maximum atomic E-state index is 11.9. The summed E-state index contributed by atoms with van der Waals surface area (Å²) in [6.45, 7) is 5.30. The van der Waals surface area contributed by atoms with Crippen LogP contribution < -0.4 is 10.6 Å². The molecule has 2 N–H and O–H groups in total. The fourth-order valence-corrected chi connectivity index (χ4v) is 2.21. The Hall–Kier alpha value is -1.78. The first-order chi connectivity index (χ1) is 9.52. The molecule has 0 amide bonds. The molecule has 0 bridgehead atoms. The number of hydrogen-bond donors (Lipinski definition) is 1. The largest absolute Gasteiger partial charge is 0.465 e. The van der Waals surface area contributed by atoms with Crippen molar-refractivity contribution in [3.8, 4) is 0 Å². The van der Waals surface area contributed by atoms with Crippen LogP contribution in [0.2, 0.25) is 0 Å². The zero-order chi connectivity index (χ0) is 14.7. The van der Waals surface area contributed by atoms with Crippen LogP contribution in [0.5, 0.6) is 0 Å². The summed E-state index contributed by atoms with van der Waals surface area (Å²) in [4.78, 5) is 18.5. The Bertz CT molecular complexity index is 484. The molecule has 1 aromatic rings. The van der Waals surface area contributed by atoms with Crippen molar-refractivity contribution < 1.29 is 9.53 Å². The minimum atomic E-state index is -0.380. The maximum absolute atomic E-state index is 11.9. The van der Waals surface area contributed by atoms with Crippen molar-refractivity contribution in [2.75, 3.05) is 24.3 Å². The van der Waals surface area contributed by atoms with Crippen LogP contribution in [0.3, 0.4) is 0 Å². The molecule has 110 valence electrons. The van der Waals surface area contributed by atoms with Crippen LogP contribution in [0.1, 0.15) is 43.5 Å². The molecule has 1 saturated carbocycles. The van der Waals surface area contributed by atoms with E-state index in [9.17, 15) is 4.79 Å². The zero-order valence-corrected chi connectivity index (χ0v) is 12.4. The Morgan fingerprint density at radius 1 is 1.55 bits per heavy atom. The van der Waals surface area contributed by atoms with Crippen LogP contribution in [0, 0.1) is 5.92 Å². The highest BCUT2D eigenvalue weighted by Gasteiger charge is 2.32. The molecule has 0 spiro atoms. The molecule has 5 nitrogen and oxygen atoms in total. The number of nitrogen functional groups attached to an aromatic ring is 1. The van der Waals surface area contributed by atoms with E-state index in [1.807, 2.05) is 0 Å². The molecule has 1 aliphatic rings. The van der Waals surface area contributed by atoms with Crippen LogP contribution >= 0.6 is 0 Å². The lowest BCUT2D eigenvalue weighted by Gasteiger charge is -2.26. The van der Waals surface area contributed by atoms with Crippen molar-refractivity contribution in [1.29, 1.82) is 0 Å². The SMILES string of the molecule is COC(=O)c1cc(N)cnc1N(CCC(C)C)C1CC1. The van der Waals surface area contributed by atoms with Gasteiger partial charge in [-0.05, 0) is 31.2 Å². The quantitative estimate of drug-likeness (QED) is 0.809. The lowest BCUT2D eigenvalue weighted by atomic mass is 10.1. The summed E-state index contributed by atoms with van der Waals surface area (Å²) in [5.74, 6) is 0.941. The predicted molar refractivity (Wildman–Crippen MR) is 79.8 cm³/mol. The summed E-state index contributed by atoms with van der Waals surface area (Å²) in [6.07, 6.45) is 4.99. The predicted octanol–water partition coefficient (Wildman–Crippen LogP) is 2.47. The van der Waals surface area contributed by atoms with E-state index in [1.54, 1.807) is 12.3 Å². The average molecular weight is 277 g/mol. The molecule has 0 aliphatic heterocycles. The van der Waals surface area contributed by atoms with E-state index in [4.69, 9.17) is 10.5 Å². The number of ether oxygens (including phenoxy) is 1. The van der Waals surface area contributed by atoms with E-state index >= 15 is 0 Å². The second-order valence-corrected chi connectivity index (χ2v) is 5.74. The van der Waals surface area contributed by atoms with Gasteiger partial charge in [0.15, 0.2) is 0 Å². The van der Waals surface area contributed by atoms with Crippen LogP contribution in [-0.2, 0) is 4.74 Å². The standard InChI is InChI=1S/C15H23N3O2/c1-10(2)6-7-18(12-4-5-12)14-13(15(19)20-3)8-11(16)9-17-14/h8-10,12H,4-7,16H2,1-3H3. The van der Waals surface area contributed by atoms with E-state index in [0.717, 1.165) is 25.8 Å². The number of methoxy groups -OCH3 is 1. The Balaban J connectivity index is 2.29. The Kier molecular flexibility index (Phi) is 4.47. The fourth-order valence-electron chi connectivity index (χ4n) is 2.21. The molecule has 2 rings (SSSR count). The van der Waals surface area contributed by atoms with Crippen LogP contribution in [0.25, 0.3) is 0 Å². The third kappa shape index (κ3) is 3.40. The van der Waals surface area contributed by atoms with Gasteiger partial charge in [-0.15, -0.1) is 0 Å². The number of nitrogens with two attached hydrogens (primary N) is 1. The van der Waals surface area contributed by atoms with Crippen LogP contribution in [0.4, 0.5) is 11.5 Å². The van der Waals surface area contributed by atoms with E-state index in [0.29, 0.717) is 29.0 Å². The molecular formula is C15H23N3O2. The van der Waals surface area contributed by atoms with Gasteiger partial charge in [0, 0.05) is 12.6 Å². The maximum Gasteiger partial charge on any atom is 0.341 e. The monoisotopic (exact) mass is 277 g/mol. The molecule has 0 atom stereocenters. The molecule has 1 aromatic heterocycles. The minimum Gasteiger partial charge on any atom is -0.465 e. The highest BCUT2D eigenvalue weighted by atomic mass is 16.5. The van der Waals surface area contributed by atoms with Crippen molar-refractivity contribution in [3.63, 3.8) is 0 Å². The van der Waals surface area contributed by atoms with Crippen LogP contribution in [0.15, 0.2) is 12.3 Å². The van der Waals surface area contributed by atoms with Crippen molar-refractivity contribution >= 4 is 17.5 Å². The van der Waals surface area contributed by atoms with Gasteiger partial charge in [-0.3, -0.25) is 0 Å². The minimum absolute atomic E-state index is 0.380. The summed E-state index contributed by atoms with van der Waals surface area (Å²) in [5.41, 5.74) is 6.69. The number of aromatic nitrogens is 1. The molecule has 0 aromatic carbocycles. The molecule has 20 heavy (non-hydrogen) atoms. The van der Waals surface area contributed by atoms with Crippen molar-refractivity contribution in [2.24, 2.45) is 5.92 Å². The zero-order valence-electron chi connectivity index (χ0n) is 12.4. The smallest absolute Gasteiger partial charge is 0.341 e. The second kappa shape index (κ2) is 6.11. The second-order valence-electron chi connectivity index (χ2n) is 5.74. The third-order valence-electron chi connectivity index (χ3n) is 3.50. The Morgan fingerprint density at radius 3 is 2.80 bits per heavy atom. The number of rotatable bonds is 6. The number of carbonyl (C=O) groups is 1. The third-order valence-corrected chi connectivity index (χ3v) is 3.50. The number of anilines is 2. The molecule has 1 heterocycles. The van der Waals surface area contributed by atoms with Gasteiger partial charge in [-0.25, -0.2) is 9.78 Å². The van der Waals surface area contributed by atoms with E-state index < -0.39 is 0 Å². The normalized spacial score (nSPS) is 14.4. The number of pyridine rings is 1. The Labute approximate surface area is 120 Å². The molecule has 0 unspecified atom stereocenters. The van der Waals surface area contributed by atoms with Gasteiger partial charge in [-0.1, -0.05) is 13.8 Å². The molecule has 0 saturated heterocycles. The lowest BCUT2D eigenvalue weighted by Crippen LogP contribution is -2.30. The highest BCUT2D eigenvalue weighted by molar-refractivity contribution is 5.95. The number of nitrogens with zero attached hydrogens (tertiary/aromatic N) is 2. The van der Waals surface area contributed by atoms with Crippen LogP contribution in [-0.4, -0.2) is 30.6 Å². The van der Waals surface area contributed by atoms with Gasteiger partial charge >= 0.3 is 5.97 Å². The first kappa shape index (κ1) is 14.6. The molecule has 5 heteroatoms. The molecule has 1 aliphatic carbocycles. The van der Waals surface area contributed by atoms with Crippen molar-refractivity contribution in [3.05, 3.63) is 17.8 Å². The van der Waals surface area contributed by atoms with Gasteiger partial charge < -0.3 is 15.4 Å². The summed E-state index contributed by atoms with van der Waals surface area (Å²) >= 11 is 0. The number of esters is 1. The first-order valence-corrected chi connectivity index (χ1v) is 7.13. The summed E-state index contributed by atoms with van der Waals surface area (Å²) in [7, 11) is 1.38. The topological polar surface area (TPSA) is 68.5 Å². The highest BCUT2D eigenvalue weighted by Crippen LogP contribution is 2.33. The van der Waals surface area contributed by atoms with Crippen molar-refractivity contribution in [1.82, 2.24) is 4.98 Å². The van der Waals surface area contributed by atoms with Gasteiger partial charge in [0.1, 0.15) is 11.4 Å². The number of hydrogen-bond acceptors (Lipinski definition) is 5. The summed E-state index contributed by atoms with van der Waals surface area (Å²) < 4.78 is 4.85. The summed E-state index contributed by atoms with van der Waals surface area (Å²) in [6, 6.07) is 2.15. The Morgan fingerprint density at radius 2 is 2.25 bits per heavy atom. The fraction of sp³-hybridized carbons (Fsp3) is 0.600. The molecule has 0 radical (unpaired) electrons. The van der Waals surface area contributed by atoms with Gasteiger partial charge in [0.05, 0.1) is 19.0 Å². The number of carbonyl (C=O) groups excluding carboxylic acids is 1. The summed E-state index contributed by atoms with van der Waals surface area (Å²) in [5, 5.41) is 0. The van der Waals surface area contributed by atoms with Gasteiger partial charge in [-0.2, -0.15) is 0 Å². The van der Waals surface area contributed by atoms with E-state index in [1.165, 1.54) is 7.11 Å². The van der Waals surface area contributed by atoms with Crippen molar-refractivity contribution in [2.45, 2.75) is 39.2 Å². The van der Waals surface area contributed by atoms with E-state index in [2.05, 4.69) is 23.7 Å². The molecule has 1 fully saturated rings. The van der Waals surface area contributed by atoms with E-state index in [-0.39, 0.29) is 5.97 Å². The van der Waals surface area contributed by atoms with Gasteiger partial charge in [0.25, 0.3) is 0 Å². The first-order valence-electron chi connectivity index (χ1n) is 7.13. The molecular weight excluding hydrogens is 254 g/mol. The van der Waals surface area contributed by atoms with Gasteiger partial charge in [0.2, 0.25) is 0 Å². The lowest BCUT2D eigenvalue weighted by molar-refractivity contribution is 0.0601. The average Bonchev–Trinajstić information content (AvgIpc) is 3.23.